The molecule has 1 aromatic heterocycles. The van der Waals surface area contributed by atoms with Crippen LogP contribution in [0.2, 0.25) is 0 Å². The Balaban J connectivity index is 2.17. The Bertz CT molecular complexity index is 651. The van der Waals surface area contributed by atoms with E-state index in [2.05, 4.69) is 5.32 Å². The van der Waals surface area contributed by atoms with Gasteiger partial charge in [-0.15, -0.1) is 0 Å². The number of carbonyl (C=O) groups excluding carboxylic acids is 1. The summed E-state index contributed by atoms with van der Waals surface area (Å²) in [5.74, 6) is -0.390. The molecule has 1 amide bonds. The van der Waals surface area contributed by atoms with Crippen LogP contribution in [0.5, 0.6) is 0 Å². The van der Waals surface area contributed by atoms with Crippen molar-refractivity contribution in [1.29, 1.82) is 5.26 Å². The molecule has 0 aliphatic rings. The zero-order valence-electron chi connectivity index (χ0n) is 10.4. The first-order valence-corrected chi connectivity index (χ1v) is 6.65. The quantitative estimate of drug-likeness (QED) is 0.683. The SMILES string of the molecule is Cc1cccc(NC(=O)/C(C#N)=C/c2ccsc2)c1. The lowest BCUT2D eigenvalue weighted by molar-refractivity contribution is -0.112. The second-order valence-electron chi connectivity index (χ2n) is 4.05. The number of hydrogen-bond acceptors (Lipinski definition) is 3. The van der Waals surface area contributed by atoms with Crippen LogP contribution in [0, 0.1) is 18.3 Å². The molecule has 2 aromatic rings. The molecule has 1 N–H and O–H groups in total. The summed E-state index contributed by atoms with van der Waals surface area (Å²) in [6, 6.07) is 11.3. The van der Waals surface area contributed by atoms with E-state index in [0.717, 1.165) is 11.1 Å². The second kappa shape index (κ2) is 5.98. The largest absolute Gasteiger partial charge is 0.321 e. The Morgan fingerprint density at radius 2 is 2.26 bits per heavy atom. The minimum absolute atomic E-state index is 0.0971. The topological polar surface area (TPSA) is 52.9 Å². The van der Waals surface area contributed by atoms with Gasteiger partial charge in [0.2, 0.25) is 0 Å². The van der Waals surface area contributed by atoms with E-state index in [0.29, 0.717) is 5.69 Å². The number of nitrogens with zero attached hydrogens (tertiary/aromatic N) is 1. The first-order valence-electron chi connectivity index (χ1n) is 5.71. The predicted octanol–water partition coefficient (Wildman–Crippen LogP) is 3.60. The standard InChI is InChI=1S/C15H12N2OS/c1-11-3-2-4-14(7-11)17-15(18)13(9-16)8-12-5-6-19-10-12/h2-8,10H,1H3,(H,17,18)/b13-8+. The van der Waals surface area contributed by atoms with Gasteiger partial charge in [0.1, 0.15) is 11.6 Å². The van der Waals surface area contributed by atoms with Gasteiger partial charge in [-0.1, -0.05) is 12.1 Å². The van der Waals surface area contributed by atoms with E-state index >= 15 is 0 Å². The molecule has 0 aliphatic heterocycles. The van der Waals surface area contributed by atoms with Crippen LogP contribution in [0.1, 0.15) is 11.1 Å². The van der Waals surface area contributed by atoms with Crippen molar-refractivity contribution in [2.24, 2.45) is 0 Å². The van der Waals surface area contributed by atoms with Gasteiger partial charge in [-0.3, -0.25) is 4.79 Å². The first kappa shape index (κ1) is 13.1. The number of amides is 1. The lowest BCUT2D eigenvalue weighted by Crippen LogP contribution is -2.13. The average molecular weight is 268 g/mol. The van der Waals surface area contributed by atoms with Gasteiger partial charge in [0.25, 0.3) is 5.91 Å². The monoisotopic (exact) mass is 268 g/mol. The zero-order chi connectivity index (χ0) is 13.7. The molecule has 19 heavy (non-hydrogen) atoms. The summed E-state index contributed by atoms with van der Waals surface area (Å²) in [6.45, 7) is 1.95. The molecule has 3 nitrogen and oxygen atoms in total. The van der Waals surface area contributed by atoms with Crippen LogP contribution in [-0.4, -0.2) is 5.91 Å². The highest BCUT2D eigenvalue weighted by Crippen LogP contribution is 2.14. The van der Waals surface area contributed by atoms with Crippen LogP contribution in [0.15, 0.2) is 46.7 Å². The summed E-state index contributed by atoms with van der Waals surface area (Å²) < 4.78 is 0. The van der Waals surface area contributed by atoms with Gasteiger partial charge in [0.15, 0.2) is 0 Å². The van der Waals surface area contributed by atoms with Crippen molar-refractivity contribution in [3.63, 3.8) is 0 Å². The summed E-state index contributed by atoms with van der Waals surface area (Å²) in [5, 5.41) is 15.6. The van der Waals surface area contributed by atoms with E-state index in [1.165, 1.54) is 11.3 Å². The lowest BCUT2D eigenvalue weighted by Gasteiger charge is -2.04. The summed E-state index contributed by atoms with van der Waals surface area (Å²) in [6.07, 6.45) is 1.58. The maximum atomic E-state index is 12.0. The van der Waals surface area contributed by atoms with E-state index < -0.39 is 0 Å². The van der Waals surface area contributed by atoms with Gasteiger partial charge in [-0.25, -0.2) is 0 Å². The van der Waals surface area contributed by atoms with Crippen LogP contribution >= 0.6 is 11.3 Å². The van der Waals surface area contributed by atoms with Gasteiger partial charge in [0, 0.05) is 5.69 Å². The molecule has 0 saturated heterocycles. The van der Waals surface area contributed by atoms with Crippen LogP contribution in [0.25, 0.3) is 6.08 Å². The summed E-state index contributed by atoms with van der Waals surface area (Å²) in [4.78, 5) is 12.0. The molecular formula is C15H12N2OS. The van der Waals surface area contributed by atoms with Crippen molar-refractivity contribution >= 4 is 29.0 Å². The summed E-state index contributed by atoms with van der Waals surface area (Å²) in [7, 11) is 0. The molecule has 1 aromatic carbocycles. The molecule has 0 atom stereocenters. The zero-order valence-corrected chi connectivity index (χ0v) is 11.2. The highest BCUT2D eigenvalue weighted by Gasteiger charge is 2.09. The Morgan fingerprint density at radius 3 is 2.89 bits per heavy atom. The van der Waals surface area contributed by atoms with E-state index in [-0.39, 0.29) is 11.5 Å². The predicted molar refractivity (Wildman–Crippen MR) is 77.7 cm³/mol. The normalized spacial score (nSPS) is 10.8. The molecule has 2 rings (SSSR count). The van der Waals surface area contributed by atoms with Crippen LogP contribution in [-0.2, 0) is 4.79 Å². The summed E-state index contributed by atoms with van der Waals surface area (Å²) >= 11 is 1.52. The molecule has 0 saturated carbocycles. The minimum atomic E-state index is -0.390. The fourth-order valence-electron chi connectivity index (χ4n) is 1.59. The van der Waals surface area contributed by atoms with Crippen molar-refractivity contribution in [1.82, 2.24) is 0 Å². The van der Waals surface area contributed by atoms with Crippen molar-refractivity contribution in [2.45, 2.75) is 6.92 Å². The second-order valence-corrected chi connectivity index (χ2v) is 4.83. The number of benzene rings is 1. The third kappa shape index (κ3) is 3.54. The highest BCUT2D eigenvalue weighted by molar-refractivity contribution is 7.08. The molecule has 0 unspecified atom stereocenters. The molecule has 0 aliphatic carbocycles. The third-order valence-corrected chi connectivity index (χ3v) is 3.20. The summed E-state index contributed by atoms with van der Waals surface area (Å²) in [5.41, 5.74) is 2.70. The maximum Gasteiger partial charge on any atom is 0.266 e. The van der Waals surface area contributed by atoms with Gasteiger partial charge in [0.05, 0.1) is 0 Å². The van der Waals surface area contributed by atoms with Crippen molar-refractivity contribution in [2.75, 3.05) is 5.32 Å². The first-order chi connectivity index (χ1) is 9.19. The number of anilines is 1. The number of thiophene rings is 1. The average Bonchev–Trinajstić information content (AvgIpc) is 2.88. The van der Waals surface area contributed by atoms with Crippen LogP contribution < -0.4 is 5.32 Å². The molecule has 0 radical (unpaired) electrons. The maximum absolute atomic E-state index is 12.0. The van der Waals surface area contributed by atoms with Gasteiger partial charge < -0.3 is 5.32 Å². The van der Waals surface area contributed by atoms with Gasteiger partial charge >= 0.3 is 0 Å². The van der Waals surface area contributed by atoms with E-state index in [4.69, 9.17) is 5.26 Å². The lowest BCUT2D eigenvalue weighted by atomic mass is 10.1. The van der Waals surface area contributed by atoms with Crippen molar-refractivity contribution < 1.29 is 4.79 Å². The highest BCUT2D eigenvalue weighted by atomic mass is 32.1. The Kier molecular flexibility index (Phi) is 4.11. The van der Waals surface area contributed by atoms with Gasteiger partial charge in [-0.05, 0) is 53.1 Å². The molecule has 0 spiro atoms. The number of nitriles is 1. The smallest absolute Gasteiger partial charge is 0.266 e. The van der Waals surface area contributed by atoms with Crippen molar-refractivity contribution in [3.05, 3.63) is 57.8 Å². The molecule has 0 fully saturated rings. The fourth-order valence-corrected chi connectivity index (χ4v) is 2.21. The van der Waals surface area contributed by atoms with Crippen molar-refractivity contribution in [3.8, 4) is 6.07 Å². The Hall–Kier alpha value is -2.38. The van der Waals surface area contributed by atoms with Gasteiger partial charge in [-0.2, -0.15) is 16.6 Å². The molecule has 4 heteroatoms. The Morgan fingerprint density at radius 1 is 1.42 bits per heavy atom. The number of nitrogens with one attached hydrogen (secondary N) is 1. The molecule has 0 bridgehead atoms. The fraction of sp³-hybridized carbons (Fsp3) is 0.0667. The molecular weight excluding hydrogens is 256 g/mol. The Labute approximate surface area is 115 Å². The third-order valence-electron chi connectivity index (χ3n) is 2.50. The number of hydrogen-bond donors (Lipinski definition) is 1. The molecule has 94 valence electrons. The number of rotatable bonds is 3. The van der Waals surface area contributed by atoms with E-state index in [9.17, 15) is 4.79 Å². The van der Waals surface area contributed by atoms with Crippen LogP contribution in [0.4, 0.5) is 5.69 Å². The number of carbonyl (C=O) groups is 1. The number of aryl methyl sites for hydroxylation is 1. The minimum Gasteiger partial charge on any atom is -0.321 e. The van der Waals surface area contributed by atoms with Crippen LogP contribution in [0.3, 0.4) is 0 Å². The molecule has 1 heterocycles. The van der Waals surface area contributed by atoms with E-state index in [1.54, 1.807) is 12.1 Å². The van der Waals surface area contributed by atoms with E-state index in [1.807, 2.05) is 48.0 Å².